The van der Waals surface area contributed by atoms with Gasteiger partial charge in [0.1, 0.15) is 0 Å². The standard InChI is InChI=1S/C13H10F3NOS/c1-7(18)9-3-5-10(6-4-9)11-8(2)19-12(17-11)13(14,15)16/h3-6H,1-2H3. The number of thiazole rings is 1. The molecule has 1 aromatic carbocycles. The number of alkyl halides is 3. The number of benzene rings is 1. The Kier molecular flexibility index (Phi) is 3.45. The molecule has 2 aromatic rings. The first-order valence-electron chi connectivity index (χ1n) is 5.45. The van der Waals surface area contributed by atoms with Gasteiger partial charge < -0.3 is 0 Å². The van der Waals surface area contributed by atoms with E-state index in [0.717, 1.165) is 0 Å². The van der Waals surface area contributed by atoms with Crippen LogP contribution in [0.2, 0.25) is 0 Å². The molecule has 0 fully saturated rings. The zero-order chi connectivity index (χ0) is 14.2. The second-order valence-electron chi connectivity index (χ2n) is 4.06. The van der Waals surface area contributed by atoms with Gasteiger partial charge in [0.15, 0.2) is 10.8 Å². The normalized spacial score (nSPS) is 11.6. The van der Waals surface area contributed by atoms with E-state index in [2.05, 4.69) is 4.98 Å². The number of halogens is 3. The summed E-state index contributed by atoms with van der Waals surface area (Å²) in [5, 5.41) is -0.851. The summed E-state index contributed by atoms with van der Waals surface area (Å²) in [4.78, 5) is 15.3. The Labute approximate surface area is 111 Å². The maximum Gasteiger partial charge on any atom is 0.443 e. The number of ketones is 1. The van der Waals surface area contributed by atoms with Gasteiger partial charge in [0.25, 0.3) is 0 Å². The van der Waals surface area contributed by atoms with Crippen LogP contribution in [0.15, 0.2) is 24.3 Å². The van der Waals surface area contributed by atoms with Crippen LogP contribution in [0.25, 0.3) is 11.3 Å². The summed E-state index contributed by atoms with van der Waals surface area (Å²) in [6.07, 6.45) is -4.42. The zero-order valence-corrected chi connectivity index (χ0v) is 11.0. The molecule has 0 aliphatic carbocycles. The van der Waals surface area contributed by atoms with Crippen molar-refractivity contribution in [2.75, 3.05) is 0 Å². The fraction of sp³-hybridized carbons (Fsp3) is 0.231. The lowest BCUT2D eigenvalue weighted by molar-refractivity contribution is -0.137. The molecular formula is C13H10F3NOS. The second kappa shape index (κ2) is 4.77. The summed E-state index contributed by atoms with van der Waals surface area (Å²) in [5.41, 5.74) is 1.41. The zero-order valence-electron chi connectivity index (χ0n) is 10.2. The van der Waals surface area contributed by atoms with Crippen LogP contribution in [-0.2, 0) is 6.18 Å². The first-order chi connectivity index (χ1) is 8.79. The highest BCUT2D eigenvalue weighted by Gasteiger charge is 2.35. The molecular weight excluding hydrogens is 275 g/mol. The third-order valence-corrected chi connectivity index (χ3v) is 3.62. The molecule has 100 valence electrons. The number of Topliss-reactive ketones (excluding diaryl/α,β-unsaturated/α-hetero) is 1. The van der Waals surface area contributed by atoms with Crippen molar-refractivity contribution in [2.24, 2.45) is 0 Å². The topological polar surface area (TPSA) is 30.0 Å². The molecule has 0 saturated heterocycles. The molecule has 0 amide bonds. The Morgan fingerprint density at radius 1 is 1.21 bits per heavy atom. The van der Waals surface area contributed by atoms with Crippen molar-refractivity contribution >= 4 is 17.1 Å². The lowest BCUT2D eigenvalue weighted by Gasteiger charge is -2.01. The number of carbonyl (C=O) groups is 1. The first kappa shape index (κ1) is 13.7. The molecule has 2 nitrogen and oxygen atoms in total. The largest absolute Gasteiger partial charge is 0.443 e. The predicted molar refractivity (Wildman–Crippen MR) is 67.3 cm³/mol. The molecule has 0 bridgehead atoms. The van der Waals surface area contributed by atoms with Gasteiger partial charge in [-0.15, -0.1) is 11.3 Å². The fourth-order valence-electron chi connectivity index (χ4n) is 1.65. The van der Waals surface area contributed by atoms with Crippen molar-refractivity contribution < 1.29 is 18.0 Å². The van der Waals surface area contributed by atoms with Crippen molar-refractivity contribution in [1.29, 1.82) is 0 Å². The number of hydrogen-bond acceptors (Lipinski definition) is 3. The molecule has 0 unspecified atom stereocenters. The van der Waals surface area contributed by atoms with Gasteiger partial charge in [0, 0.05) is 16.0 Å². The molecule has 0 spiro atoms. The van der Waals surface area contributed by atoms with Crippen LogP contribution in [0.5, 0.6) is 0 Å². The quantitative estimate of drug-likeness (QED) is 0.768. The minimum absolute atomic E-state index is 0.0856. The van der Waals surface area contributed by atoms with Crippen molar-refractivity contribution in [2.45, 2.75) is 20.0 Å². The number of aryl methyl sites for hydroxylation is 1. The van der Waals surface area contributed by atoms with Crippen molar-refractivity contribution in [3.05, 3.63) is 39.7 Å². The molecule has 0 radical (unpaired) electrons. The summed E-state index contributed by atoms with van der Waals surface area (Å²) < 4.78 is 37.7. The van der Waals surface area contributed by atoms with E-state index in [0.29, 0.717) is 33.0 Å². The van der Waals surface area contributed by atoms with Gasteiger partial charge >= 0.3 is 6.18 Å². The molecule has 1 aromatic heterocycles. The SMILES string of the molecule is CC(=O)c1ccc(-c2nc(C(F)(F)F)sc2C)cc1. The van der Waals surface area contributed by atoms with Crippen molar-refractivity contribution in [3.63, 3.8) is 0 Å². The Bertz CT molecular complexity index is 614. The number of carbonyl (C=O) groups excluding carboxylic acids is 1. The molecule has 0 saturated carbocycles. The second-order valence-corrected chi connectivity index (χ2v) is 5.26. The van der Waals surface area contributed by atoms with E-state index in [-0.39, 0.29) is 5.78 Å². The minimum atomic E-state index is -4.42. The van der Waals surface area contributed by atoms with Crippen LogP contribution in [0, 0.1) is 6.92 Å². The smallest absolute Gasteiger partial charge is 0.295 e. The van der Waals surface area contributed by atoms with Crippen LogP contribution in [0.3, 0.4) is 0 Å². The molecule has 0 aliphatic rings. The minimum Gasteiger partial charge on any atom is -0.295 e. The van der Waals surface area contributed by atoms with Gasteiger partial charge in [-0.05, 0) is 13.8 Å². The Morgan fingerprint density at radius 2 is 1.79 bits per heavy atom. The summed E-state index contributed by atoms with van der Waals surface area (Å²) in [7, 11) is 0. The maximum atomic E-state index is 12.6. The van der Waals surface area contributed by atoms with Crippen LogP contribution in [0.1, 0.15) is 27.2 Å². The van der Waals surface area contributed by atoms with Crippen LogP contribution < -0.4 is 0 Å². The van der Waals surface area contributed by atoms with E-state index >= 15 is 0 Å². The fourth-order valence-corrected chi connectivity index (χ4v) is 2.45. The number of nitrogens with zero attached hydrogens (tertiary/aromatic N) is 1. The van der Waals surface area contributed by atoms with E-state index in [1.165, 1.54) is 6.92 Å². The highest BCUT2D eigenvalue weighted by atomic mass is 32.1. The van der Waals surface area contributed by atoms with Crippen LogP contribution in [-0.4, -0.2) is 10.8 Å². The Morgan fingerprint density at radius 3 is 2.21 bits per heavy atom. The molecule has 1 heterocycles. The first-order valence-corrected chi connectivity index (χ1v) is 6.26. The average molecular weight is 285 g/mol. The van der Waals surface area contributed by atoms with Gasteiger partial charge in [0.2, 0.25) is 0 Å². The Hall–Kier alpha value is -1.69. The molecule has 0 N–H and O–H groups in total. The number of rotatable bonds is 2. The number of hydrogen-bond donors (Lipinski definition) is 0. The van der Waals surface area contributed by atoms with Gasteiger partial charge in [0.05, 0.1) is 5.69 Å². The summed E-state index contributed by atoms with van der Waals surface area (Å²) >= 11 is 0.624. The third kappa shape index (κ3) is 2.84. The average Bonchev–Trinajstić information content (AvgIpc) is 2.71. The predicted octanol–water partition coefficient (Wildman–Crippen LogP) is 4.34. The van der Waals surface area contributed by atoms with E-state index in [1.54, 1.807) is 31.2 Å². The van der Waals surface area contributed by atoms with Crippen molar-refractivity contribution in [1.82, 2.24) is 4.98 Å². The van der Waals surface area contributed by atoms with Gasteiger partial charge in [-0.2, -0.15) is 13.2 Å². The third-order valence-electron chi connectivity index (χ3n) is 2.60. The Balaban J connectivity index is 2.42. The van der Waals surface area contributed by atoms with Crippen molar-refractivity contribution in [3.8, 4) is 11.3 Å². The summed E-state index contributed by atoms with van der Waals surface area (Å²) in [6.45, 7) is 3.03. The molecule has 0 aliphatic heterocycles. The molecule has 2 rings (SSSR count). The molecule has 0 atom stereocenters. The molecule has 19 heavy (non-hydrogen) atoms. The number of aromatic nitrogens is 1. The lowest BCUT2D eigenvalue weighted by Crippen LogP contribution is -2.03. The lowest BCUT2D eigenvalue weighted by atomic mass is 10.1. The monoisotopic (exact) mass is 285 g/mol. The van der Waals surface area contributed by atoms with E-state index in [4.69, 9.17) is 0 Å². The van der Waals surface area contributed by atoms with E-state index < -0.39 is 11.2 Å². The highest BCUT2D eigenvalue weighted by Crippen LogP contribution is 2.37. The maximum absolute atomic E-state index is 12.6. The van der Waals surface area contributed by atoms with Crippen LogP contribution >= 0.6 is 11.3 Å². The molecule has 6 heteroatoms. The van der Waals surface area contributed by atoms with E-state index in [1.807, 2.05) is 0 Å². The van der Waals surface area contributed by atoms with Gasteiger partial charge in [-0.3, -0.25) is 4.79 Å². The highest BCUT2D eigenvalue weighted by molar-refractivity contribution is 7.12. The summed E-state index contributed by atoms with van der Waals surface area (Å²) in [5.74, 6) is -0.0856. The van der Waals surface area contributed by atoms with Gasteiger partial charge in [-0.1, -0.05) is 24.3 Å². The summed E-state index contributed by atoms with van der Waals surface area (Å²) in [6, 6.07) is 6.39. The van der Waals surface area contributed by atoms with Crippen LogP contribution in [0.4, 0.5) is 13.2 Å². The van der Waals surface area contributed by atoms with E-state index in [9.17, 15) is 18.0 Å². The van der Waals surface area contributed by atoms with Gasteiger partial charge in [-0.25, -0.2) is 4.98 Å².